The van der Waals surface area contributed by atoms with Crippen LogP contribution in [0.1, 0.15) is 29.5 Å². The molecule has 0 aliphatic heterocycles. The number of aromatic nitrogens is 2. The number of pyridine rings is 2. The van der Waals surface area contributed by atoms with Crippen LogP contribution in [0.25, 0.3) is 28.2 Å². The van der Waals surface area contributed by atoms with Gasteiger partial charge in [0.05, 0.1) is 22.2 Å². The molecule has 206 valence electrons. The van der Waals surface area contributed by atoms with E-state index in [9.17, 15) is 15.0 Å². The number of nitrogens with zero attached hydrogens (tertiary/aromatic N) is 2. The van der Waals surface area contributed by atoms with E-state index in [-0.39, 0.29) is 24.3 Å². The van der Waals surface area contributed by atoms with Crippen molar-refractivity contribution in [1.82, 2.24) is 9.97 Å². The quantitative estimate of drug-likeness (QED) is 0.119. The minimum Gasteiger partial charge on any atom is -0.507 e. The van der Waals surface area contributed by atoms with E-state index >= 15 is 0 Å². The second-order valence-electron chi connectivity index (χ2n) is 9.80. The molecule has 2 aromatic heterocycles. The minimum absolute atomic E-state index is 0.0454. The van der Waals surface area contributed by atoms with E-state index in [2.05, 4.69) is 15.6 Å². The molecule has 0 radical (unpaired) electrons. The van der Waals surface area contributed by atoms with Crippen molar-refractivity contribution >= 4 is 45.7 Å². The molecule has 0 saturated heterocycles. The maximum atomic E-state index is 11.6. The highest BCUT2D eigenvalue weighted by atomic mass is 16.4. The van der Waals surface area contributed by atoms with Gasteiger partial charge in [0, 0.05) is 29.6 Å². The Hall–Kier alpha value is -5.37. The molecule has 0 aliphatic carbocycles. The number of carboxylic acids is 1. The van der Waals surface area contributed by atoms with E-state index in [0.717, 1.165) is 22.5 Å². The van der Waals surface area contributed by atoms with Gasteiger partial charge in [0.15, 0.2) is 5.82 Å². The predicted octanol–water partition coefficient (Wildman–Crippen LogP) is 7.69. The van der Waals surface area contributed by atoms with Gasteiger partial charge >= 0.3 is 5.97 Å². The van der Waals surface area contributed by atoms with Crippen molar-refractivity contribution in [3.63, 3.8) is 0 Å². The van der Waals surface area contributed by atoms with Crippen molar-refractivity contribution in [2.45, 2.75) is 26.7 Å². The number of carboxylic acid groups (broad SMARTS) is 1. The maximum absolute atomic E-state index is 11.6. The van der Waals surface area contributed by atoms with Gasteiger partial charge in [-0.05, 0) is 62.7 Å². The maximum Gasteiger partial charge on any atom is 0.303 e. The van der Waals surface area contributed by atoms with Gasteiger partial charge < -0.3 is 26.0 Å². The summed E-state index contributed by atoms with van der Waals surface area (Å²) in [4.78, 5) is 20.4. The Morgan fingerprint density at radius 3 is 2.15 bits per heavy atom. The summed E-state index contributed by atoms with van der Waals surface area (Å²) in [5, 5.41) is 39.5. The molecule has 5 aromatic rings. The van der Waals surface area contributed by atoms with Crippen LogP contribution in [0, 0.1) is 13.8 Å². The van der Waals surface area contributed by atoms with E-state index in [1.54, 1.807) is 30.5 Å². The highest BCUT2D eigenvalue weighted by molar-refractivity contribution is 6.13. The Bertz CT molecular complexity index is 1730. The number of nitrogens with one attached hydrogen (secondary N) is 2. The number of carbonyl (C=O) groups is 1. The van der Waals surface area contributed by atoms with Gasteiger partial charge in [-0.1, -0.05) is 53.6 Å². The summed E-state index contributed by atoms with van der Waals surface area (Å²) in [6.45, 7) is 4.01. The first kappa shape index (κ1) is 27.2. The van der Waals surface area contributed by atoms with Crippen molar-refractivity contribution < 1.29 is 20.1 Å². The molecule has 0 atom stereocenters. The molecule has 8 heteroatoms. The third kappa shape index (κ3) is 6.12. The zero-order valence-electron chi connectivity index (χ0n) is 22.7. The molecule has 2 heterocycles. The summed E-state index contributed by atoms with van der Waals surface area (Å²) in [5.74, 6) is -0.674. The van der Waals surface area contributed by atoms with Crippen molar-refractivity contribution in [3.8, 4) is 22.9 Å². The highest BCUT2D eigenvalue weighted by Gasteiger charge is 2.24. The number of fused-ring (bicyclic) bond motifs is 1. The lowest BCUT2D eigenvalue weighted by atomic mass is 9.98. The van der Waals surface area contributed by atoms with Crippen LogP contribution in [0.4, 0.5) is 22.9 Å². The number of allylic oxidation sites excluding steroid dienone is 1. The number of aryl methyl sites for hydroxylation is 2. The number of phenols is 2. The Balaban J connectivity index is 1.77. The molecule has 0 bridgehead atoms. The van der Waals surface area contributed by atoms with Crippen molar-refractivity contribution in [1.29, 1.82) is 0 Å². The van der Waals surface area contributed by atoms with Crippen LogP contribution in [0.5, 0.6) is 11.5 Å². The summed E-state index contributed by atoms with van der Waals surface area (Å²) >= 11 is 0. The fourth-order valence-electron chi connectivity index (χ4n) is 4.50. The van der Waals surface area contributed by atoms with E-state index in [1.165, 1.54) is 6.07 Å². The van der Waals surface area contributed by atoms with E-state index in [0.29, 0.717) is 39.2 Å². The summed E-state index contributed by atoms with van der Waals surface area (Å²) in [5.41, 5.74) is 5.46. The average molecular weight is 547 g/mol. The number of rotatable bonds is 9. The fraction of sp³-hybridized carbons (Fsp3) is 0.121. The van der Waals surface area contributed by atoms with Gasteiger partial charge in [0.25, 0.3) is 0 Å². The first-order chi connectivity index (χ1) is 19.8. The monoisotopic (exact) mass is 546 g/mol. The highest BCUT2D eigenvalue weighted by Crippen LogP contribution is 2.48. The number of hydrogen-bond acceptors (Lipinski definition) is 7. The number of hydrogen-bond donors (Lipinski definition) is 5. The molecule has 3 aromatic carbocycles. The second kappa shape index (κ2) is 11.8. The number of aliphatic carboxylic acids is 1. The zero-order valence-corrected chi connectivity index (χ0v) is 22.7. The first-order valence-corrected chi connectivity index (χ1v) is 13.2. The van der Waals surface area contributed by atoms with Crippen LogP contribution in [0.15, 0.2) is 85.1 Å². The van der Waals surface area contributed by atoms with E-state index < -0.39 is 5.97 Å². The molecule has 0 saturated carbocycles. The lowest BCUT2D eigenvalue weighted by molar-refractivity contribution is -0.136. The molecule has 0 unspecified atom stereocenters. The van der Waals surface area contributed by atoms with Crippen LogP contribution >= 0.6 is 0 Å². The number of benzene rings is 3. The Labute approximate surface area is 237 Å². The molecule has 5 rings (SSSR count). The van der Waals surface area contributed by atoms with Gasteiger partial charge in [-0.3, -0.25) is 9.78 Å². The lowest BCUT2D eigenvalue weighted by Crippen LogP contribution is -2.04. The minimum atomic E-state index is -0.915. The molecule has 0 aliphatic rings. The summed E-state index contributed by atoms with van der Waals surface area (Å²) < 4.78 is 0. The molecule has 0 spiro atoms. The van der Waals surface area contributed by atoms with Gasteiger partial charge in [-0.15, -0.1) is 0 Å². The molecular formula is C33H30N4O4. The number of aromatic hydroxyl groups is 2. The molecule has 0 fully saturated rings. The topological polar surface area (TPSA) is 128 Å². The van der Waals surface area contributed by atoms with Gasteiger partial charge in [-0.2, -0.15) is 0 Å². The number of anilines is 4. The van der Waals surface area contributed by atoms with Crippen LogP contribution in [-0.4, -0.2) is 31.3 Å². The van der Waals surface area contributed by atoms with Crippen molar-refractivity contribution in [2.24, 2.45) is 0 Å². The Morgan fingerprint density at radius 2 is 1.54 bits per heavy atom. The molecule has 41 heavy (non-hydrogen) atoms. The Kier molecular flexibility index (Phi) is 7.83. The van der Waals surface area contributed by atoms with Crippen molar-refractivity contribution in [2.75, 3.05) is 10.6 Å². The van der Waals surface area contributed by atoms with Gasteiger partial charge in [0.2, 0.25) is 0 Å². The van der Waals surface area contributed by atoms with Gasteiger partial charge in [0.1, 0.15) is 17.2 Å². The van der Waals surface area contributed by atoms with Crippen LogP contribution in [0.2, 0.25) is 0 Å². The van der Waals surface area contributed by atoms with Gasteiger partial charge in [-0.25, -0.2) is 4.98 Å². The predicted molar refractivity (Wildman–Crippen MR) is 163 cm³/mol. The standard InChI is InChI=1S/C33H30N4O4/c1-20-10-14-23(15-11-20)35-31-28-26(38)19-22(7-3-4-9-27(39)40)32(41)29(28)30(25-8-5-6-18-34-25)37-33(31)36-24-16-12-21(2)13-17-24/h3,5-8,10-19,35,38,41H,4,9H2,1-2H3,(H,36,37)(H,39,40). The first-order valence-electron chi connectivity index (χ1n) is 13.2. The van der Waals surface area contributed by atoms with E-state index in [4.69, 9.17) is 10.1 Å². The third-order valence-electron chi connectivity index (χ3n) is 6.62. The van der Waals surface area contributed by atoms with Crippen molar-refractivity contribution in [3.05, 3.63) is 102 Å². The summed E-state index contributed by atoms with van der Waals surface area (Å²) in [6.07, 6.45) is 5.13. The third-order valence-corrected chi connectivity index (χ3v) is 6.62. The van der Waals surface area contributed by atoms with Crippen LogP contribution in [0.3, 0.4) is 0 Å². The van der Waals surface area contributed by atoms with Crippen LogP contribution in [-0.2, 0) is 4.79 Å². The van der Waals surface area contributed by atoms with E-state index in [1.807, 2.05) is 68.4 Å². The number of phenolic OH excluding ortho intramolecular Hbond substituents is 2. The molecule has 8 nitrogen and oxygen atoms in total. The fourth-order valence-corrected chi connectivity index (χ4v) is 4.50. The molecule has 0 amide bonds. The molecular weight excluding hydrogens is 516 g/mol. The Morgan fingerprint density at radius 1 is 0.878 bits per heavy atom. The summed E-state index contributed by atoms with van der Waals surface area (Å²) in [7, 11) is 0. The normalized spacial score (nSPS) is 11.2. The lowest BCUT2D eigenvalue weighted by Gasteiger charge is -2.20. The SMILES string of the molecule is Cc1ccc(Nc2nc(-c3ccccn3)c3c(O)c(C=CCCC(=O)O)cc(O)c3c2Nc2ccc(C)cc2)cc1. The second-order valence-corrected chi connectivity index (χ2v) is 9.80. The zero-order chi connectivity index (χ0) is 28.9. The summed E-state index contributed by atoms with van der Waals surface area (Å²) in [6, 6.07) is 22.6. The largest absolute Gasteiger partial charge is 0.507 e. The average Bonchev–Trinajstić information content (AvgIpc) is 2.96. The molecule has 5 N–H and O–H groups in total. The van der Waals surface area contributed by atoms with Crippen LogP contribution < -0.4 is 10.6 Å². The smallest absolute Gasteiger partial charge is 0.303 e.